The fraction of sp³-hybridized carbons (Fsp3) is 0.359. The lowest BCUT2D eigenvalue weighted by atomic mass is 9.98. The molecule has 3 aliphatic rings. The normalized spacial score (nSPS) is 28.2. The highest BCUT2D eigenvalue weighted by Gasteiger charge is 2.49. The number of esters is 2. The Kier molecular flexibility index (Phi) is 13.5. The molecule has 3 heterocycles. The third kappa shape index (κ3) is 9.96. The Morgan fingerprint density at radius 3 is 1.87 bits per heavy atom. The molecule has 2 fully saturated rings. The molecular weight excluding hydrogens is 836 g/mol. The quantitative estimate of drug-likeness (QED) is 0.0307. The van der Waals surface area contributed by atoms with Gasteiger partial charge in [-0.1, -0.05) is 6.07 Å². The van der Waals surface area contributed by atoms with Crippen LogP contribution in [0.5, 0.6) is 46.0 Å². The van der Waals surface area contributed by atoms with Crippen molar-refractivity contribution in [2.75, 3.05) is 13.2 Å². The van der Waals surface area contributed by atoms with Crippen LogP contribution in [0.15, 0.2) is 54.3 Å². The Bertz CT molecular complexity index is 2200. The number of carboxylic acid groups (broad SMARTS) is 1. The van der Waals surface area contributed by atoms with Gasteiger partial charge >= 0.3 is 17.9 Å². The summed E-state index contributed by atoms with van der Waals surface area (Å²) in [5, 5.41) is 134. The molecule has 3 aromatic rings. The highest BCUT2D eigenvalue weighted by atomic mass is 16.7. The van der Waals surface area contributed by atoms with E-state index < -0.39 is 140 Å². The minimum Gasteiger partial charge on any atom is -0.571 e. The predicted molar refractivity (Wildman–Crippen MR) is 200 cm³/mol. The number of aliphatic hydroxyl groups is 7. The predicted octanol–water partition coefficient (Wildman–Crippen LogP) is -1.46. The van der Waals surface area contributed by atoms with Crippen molar-refractivity contribution in [3.05, 3.63) is 71.0 Å². The summed E-state index contributed by atoms with van der Waals surface area (Å²) in [4.78, 5) is 35.2. The van der Waals surface area contributed by atoms with Crippen LogP contribution in [0.3, 0.4) is 0 Å². The summed E-state index contributed by atoms with van der Waals surface area (Å²) in [5.74, 6) is -8.32. The zero-order valence-corrected chi connectivity index (χ0v) is 31.7. The number of phenolic OH excluding ortho intramolecular Hbond substituents is 6. The molecule has 334 valence electrons. The van der Waals surface area contributed by atoms with Crippen LogP contribution in [0.2, 0.25) is 0 Å². The number of carboxylic acids is 1. The van der Waals surface area contributed by atoms with Crippen molar-refractivity contribution < 1.29 is 114 Å². The summed E-state index contributed by atoms with van der Waals surface area (Å²) in [7, 11) is 0. The molecule has 1 unspecified atom stereocenters. The Morgan fingerprint density at radius 2 is 1.27 bits per heavy atom. The van der Waals surface area contributed by atoms with E-state index in [9.17, 15) is 75.7 Å². The molecule has 11 atom stereocenters. The van der Waals surface area contributed by atoms with Gasteiger partial charge in [-0.05, 0) is 35.9 Å². The lowest BCUT2D eigenvalue weighted by Gasteiger charge is -2.41. The fourth-order valence-corrected chi connectivity index (χ4v) is 6.42. The number of hydrogen-bond donors (Lipinski definition) is 13. The Morgan fingerprint density at radius 1 is 0.677 bits per heavy atom. The molecule has 0 aliphatic carbocycles. The second kappa shape index (κ2) is 18.6. The van der Waals surface area contributed by atoms with E-state index in [1.54, 1.807) is 0 Å². The molecule has 0 radical (unpaired) electrons. The molecule has 0 bridgehead atoms. The number of hydrogen-bond acceptors (Lipinski definition) is 21. The molecule has 62 heavy (non-hydrogen) atoms. The van der Waals surface area contributed by atoms with E-state index in [0.29, 0.717) is 5.56 Å². The Labute approximate surface area is 347 Å². The van der Waals surface area contributed by atoms with Crippen LogP contribution in [-0.2, 0) is 38.1 Å². The molecular formula is C39H41O23+. The first-order valence-corrected chi connectivity index (χ1v) is 18.3. The van der Waals surface area contributed by atoms with Gasteiger partial charge in [-0.25, -0.2) is 4.79 Å². The lowest BCUT2D eigenvalue weighted by Crippen LogP contribution is -2.60. The van der Waals surface area contributed by atoms with Crippen molar-refractivity contribution in [1.82, 2.24) is 0 Å². The van der Waals surface area contributed by atoms with Crippen molar-refractivity contribution in [1.29, 1.82) is 0 Å². The minimum absolute atomic E-state index is 0.0750. The molecule has 0 amide bonds. The summed E-state index contributed by atoms with van der Waals surface area (Å²) in [6.07, 6.45) is -17.7. The summed E-state index contributed by atoms with van der Waals surface area (Å²) in [6.45, 7) is -1.51. The van der Waals surface area contributed by atoms with Gasteiger partial charge in [0, 0.05) is 18.2 Å². The lowest BCUT2D eigenvalue weighted by molar-refractivity contribution is -0.296. The van der Waals surface area contributed by atoms with E-state index >= 15 is 0 Å². The van der Waals surface area contributed by atoms with Crippen LogP contribution in [0, 0.1) is 0 Å². The summed E-state index contributed by atoms with van der Waals surface area (Å²) >= 11 is 0. The number of benzene rings is 3. The van der Waals surface area contributed by atoms with Crippen LogP contribution in [0.1, 0.15) is 29.2 Å². The number of rotatable bonds is 13. The molecule has 6 rings (SSSR count). The van der Waals surface area contributed by atoms with Crippen LogP contribution in [0.25, 0.3) is 12.2 Å². The van der Waals surface area contributed by atoms with Crippen LogP contribution >= 0.6 is 0 Å². The Balaban J connectivity index is 1.28. The van der Waals surface area contributed by atoms with E-state index in [1.165, 1.54) is 24.3 Å². The molecule has 3 aromatic carbocycles. The maximum atomic E-state index is 12.5. The number of carbonyl (C=O) groups excluding carboxylic acids is 2. The molecule has 23 nitrogen and oxygen atoms in total. The van der Waals surface area contributed by atoms with Gasteiger partial charge in [-0.15, -0.1) is 0 Å². The van der Waals surface area contributed by atoms with Gasteiger partial charge in [0.15, 0.2) is 34.5 Å². The van der Waals surface area contributed by atoms with E-state index in [2.05, 4.69) is 4.74 Å². The summed E-state index contributed by atoms with van der Waals surface area (Å²) in [5.41, 5.74) is 0.154. The fourth-order valence-electron chi connectivity index (χ4n) is 6.42. The van der Waals surface area contributed by atoms with E-state index in [1.807, 2.05) is 0 Å². The van der Waals surface area contributed by atoms with Crippen molar-refractivity contribution in [3.63, 3.8) is 0 Å². The monoisotopic (exact) mass is 877 g/mol. The zero-order valence-electron chi connectivity index (χ0n) is 31.7. The van der Waals surface area contributed by atoms with Crippen molar-refractivity contribution >= 4 is 30.1 Å². The maximum absolute atomic E-state index is 12.5. The molecule has 3 aliphatic heterocycles. The molecule has 0 aromatic heterocycles. The standard InChI is InChI=1S/C39H40O23/c40-16-8-22-17(23(9-16)59-38-35(54)33(52)32(51)26(61-38)13-57-29(48)11-27(45)46)10-24(37(58-22)15-6-20(43)30(49)21(44)7-15)60-39-36(55)34(53)31(50)25(62-39)12-56-28(47)4-2-14-1-3-18(41)19(42)5-14/h1-10,25-26,31-44,49-55H,11-13H2,(H,45,46)/p+1/b4-2+/t25-,26+,31-,32-,33+,34-,35+,36-,37?,38-,39-/m1/s1. The van der Waals surface area contributed by atoms with E-state index in [0.717, 1.165) is 36.4 Å². The highest BCUT2D eigenvalue weighted by Crippen LogP contribution is 2.48. The number of aliphatic carboxylic acids is 1. The molecule has 14 N–H and O–H groups in total. The zero-order chi connectivity index (χ0) is 45.2. The van der Waals surface area contributed by atoms with E-state index in [-0.39, 0.29) is 28.4 Å². The van der Waals surface area contributed by atoms with Crippen molar-refractivity contribution in [3.8, 4) is 46.0 Å². The molecule has 23 heteroatoms. The van der Waals surface area contributed by atoms with Gasteiger partial charge in [0.2, 0.25) is 12.6 Å². The number of fused-ring (bicyclic) bond motifs is 1. The van der Waals surface area contributed by atoms with E-state index in [4.69, 9.17) is 33.5 Å². The third-order valence-corrected chi connectivity index (χ3v) is 9.67. The van der Waals surface area contributed by atoms with Crippen molar-refractivity contribution in [2.45, 2.75) is 73.9 Å². The third-order valence-electron chi connectivity index (χ3n) is 9.67. The first kappa shape index (κ1) is 45.0. The molecule has 0 saturated carbocycles. The topological polar surface area (TPSA) is 382 Å². The largest absolute Gasteiger partial charge is 0.571 e. The van der Waals surface area contributed by atoms with Gasteiger partial charge in [0.05, 0.1) is 11.6 Å². The summed E-state index contributed by atoms with van der Waals surface area (Å²) < 4.78 is 37.7. The number of carbonyl (C=O) groups is 3. The average molecular weight is 878 g/mol. The van der Waals surface area contributed by atoms with Crippen LogP contribution < -0.4 is 4.74 Å². The first-order valence-electron chi connectivity index (χ1n) is 18.3. The number of aliphatic hydroxyl groups excluding tert-OH is 6. The minimum atomic E-state index is -2.01. The SMILES string of the molecule is O=C(O)CC(=O)OC[C@@H]1O[C@@H](Oc2cc(O)cc3c2C=C(O[C@@H]2O[C@H](COC(=O)/C=C/c4ccc(O)c(O)c4)[C@@H](O)[C@@H](O)[C@H]2O)C(c2cc(O)c(O)c(O)c2)[OH+]3)[C@@H](O)[C@@H](O)[C@@H]1O. The highest BCUT2D eigenvalue weighted by molar-refractivity contribution is 5.90. The number of phenols is 6. The van der Waals surface area contributed by atoms with Gasteiger partial charge < -0.3 is 99.5 Å². The molecule has 2 saturated heterocycles. The second-order valence-electron chi connectivity index (χ2n) is 14.1. The number of ether oxygens (including phenoxy) is 7. The van der Waals surface area contributed by atoms with Gasteiger partial charge in [0.25, 0.3) is 11.9 Å². The van der Waals surface area contributed by atoms with Crippen LogP contribution in [-0.4, -0.2) is 164 Å². The first-order chi connectivity index (χ1) is 29.3. The van der Waals surface area contributed by atoms with Gasteiger partial charge in [-0.2, -0.15) is 0 Å². The van der Waals surface area contributed by atoms with Crippen LogP contribution in [0.4, 0.5) is 0 Å². The number of aromatic hydroxyl groups is 7. The second-order valence-corrected chi connectivity index (χ2v) is 14.1. The van der Waals surface area contributed by atoms with Gasteiger partial charge in [0.1, 0.15) is 85.5 Å². The maximum Gasteiger partial charge on any atom is 0.330 e. The smallest absolute Gasteiger partial charge is 0.330 e. The Hall–Kier alpha value is -6.57. The average Bonchev–Trinajstić information content (AvgIpc) is 3.22. The molecule has 0 spiro atoms. The van der Waals surface area contributed by atoms with Gasteiger partial charge in [-0.3, -0.25) is 9.59 Å². The summed E-state index contributed by atoms with van der Waals surface area (Å²) in [6, 6.07) is 7.83. The van der Waals surface area contributed by atoms with Crippen molar-refractivity contribution in [2.24, 2.45) is 0 Å².